The zero-order chi connectivity index (χ0) is 18.5. The Hall–Kier alpha value is -1.64. The minimum atomic E-state index is -4.42. The molecule has 1 unspecified atom stereocenters. The van der Waals surface area contributed by atoms with E-state index in [-0.39, 0.29) is 30.1 Å². The molecule has 2 aliphatic heterocycles. The maximum atomic E-state index is 13.6. The standard InChI is InChI=1S/C17H23F3N4O2/c1-10-15(21-22-24(10)12-6-7-26-9-12)16(25)23-13-5-3-2-4-11(13)8-14(23)17(18,19)20/h11-14H,2-9H2,1H3/t11-,12?,13-,14-/m0/s1. The molecule has 0 aromatic carbocycles. The van der Waals surface area contributed by atoms with Crippen LogP contribution in [0.4, 0.5) is 13.2 Å². The van der Waals surface area contributed by atoms with Crippen molar-refractivity contribution < 1.29 is 22.7 Å². The largest absolute Gasteiger partial charge is 0.408 e. The highest BCUT2D eigenvalue weighted by molar-refractivity contribution is 5.94. The second-order valence-corrected chi connectivity index (χ2v) is 7.60. The number of carbonyl (C=O) groups excluding carboxylic acids is 1. The summed E-state index contributed by atoms with van der Waals surface area (Å²) in [6.45, 7) is 2.79. The predicted molar refractivity (Wildman–Crippen MR) is 85.6 cm³/mol. The normalized spacial score (nSPS) is 32.1. The van der Waals surface area contributed by atoms with Gasteiger partial charge in [0.2, 0.25) is 0 Å². The number of ether oxygens (including phenoxy) is 1. The Morgan fingerprint density at radius 3 is 2.69 bits per heavy atom. The van der Waals surface area contributed by atoms with Crippen molar-refractivity contribution in [1.29, 1.82) is 0 Å². The first-order valence-corrected chi connectivity index (χ1v) is 9.27. The Labute approximate surface area is 149 Å². The van der Waals surface area contributed by atoms with Crippen LogP contribution in [0, 0.1) is 12.8 Å². The summed E-state index contributed by atoms with van der Waals surface area (Å²) in [6, 6.07) is -2.08. The number of halogens is 3. The number of hydrogen-bond acceptors (Lipinski definition) is 4. The molecule has 2 saturated heterocycles. The molecule has 1 amide bonds. The number of likely N-dealkylation sites (tertiary alicyclic amines) is 1. The number of rotatable bonds is 2. The second-order valence-electron chi connectivity index (χ2n) is 7.60. The van der Waals surface area contributed by atoms with Crippen LogP contribution in [0.2, 0.25) is 0 Å². The van der Waals surface area contributed by atoms with Crippen molar-refractivity contribution >= 4 is 5.91 Å². The van der Waals surface area contributed by atoms with Crippen LogP contribution in [0.3, 0.4) is 0 Å². The average Bonchev–Trinajstić information content (AvgIpc) is 3.31. The fourth-order valence-corrected chi connectivity index (χ4v) is 4.77. The smallest absolute Gasteiger partial charge is 0.379 e. The van der Waals surface area contributed by atoms with Gasteiger partial charge in [-0.05, 0) is 38.5 Å². The quantitative estimate of drug-likeness (QED) is 0.801. The van der Waals surface area contributed by atoms with E-state index in [1.807, 2.05) is 0 Å². The third-order valence-electron chi connectivity index (χ3n) is 6.08. The van der Waals surface area contributed by atoms with Gasteiger partial charge in [0, 0.05) is 12.6 Å². The fraction of sp³-hybridized carbons (Fsp3) is 0.824. The Morgan fingerprint density at radius 2 is 2.00 bits per heavy atom. The molecule has 1 aliphatic carbocycles. The molecule has 6 nitrogen and oxygen atoms in total. The number of aromatic nitrogens is 3. The molecule has 0 spiro atoms. The van der Waals surface area contributed by atoms with Crippen molar-refractivity contribution in [3.63, 3.8) is 0 Å². The van der Waals surface area contributed by atoms with Gasteiger partial charge in [-0.15, -0.1) is 5.10 Å². The van der Waals surface area contributed by atoms with Crippen molar-refractivity contribution in [2.45, 2.75) is 69.8 Å². The molecule has 1 aromatic heterocycles. The summed E-state index contributed by atoms with van der Waals surface area (Å²) in [5, 5.41) is 8.00. The molecule has 9 heteroatoms. The maximum absolute atomic E-state index is 13.6. The highest BCUT2D eigenvalue weighted by Gasteiger charge is 2.56. The van der Waals surface area contributed by atoms with Gasteiger partial charge in [0.15, 0.2) is 5.69 Å². The van der Waals surface area contributed by atoms with Gasteiger partial charge in [0.1, 0.15) is 6.04 Å². The first-order chi connectivity index (χ1) is 12.4. The summed E-state index contributed by atoms with van der Waals surface area (Å²) in [5.41, 5.74) is 0.558. The molecule has 3 fully saturated rings. The van der Waals surface area contributed by atoms with Gasteiger partial charge in [0.05, 0.1) is 18.3 Å². The lowest BCUT2D eigenvalue weighted by molar-refractivity contribution is -0.172. The molecule has 3 heterocycles. The summed E-state index contributed by atoms with van der Waals surface area (Å²) in [7, 11) is 0. The van der Waals surface area contributed by atoms with Crippen molar-refractivity contribution in [3.05, 3.63) is 11.4 Å². The molecule has 4 atom stereocenters. The Bertz CT molecular complexity index is 684. The molecule has 1 aromatic rings. The molecule has 0 N–H and O–H groups in total. The highest BCUT2D eigenvalue weighted by Crippen LogP contribution is 2.45. The molecule has 3 aliphatic rings. The molecular weight excluding hydrogens is 349 g/mol. The van der Waals surface area contributed by atoms with Crippen LogP contribution in [-0.4, -0.2) is 57.3 Å². The van der Waals surface area contributed by atoms with E-state index in [2.05, 4.69) is 10.3 Å². The Balaban J connectivity index is 1.65. The molecule has 4 rings (SSSR count). The second kappa shape index (κ2) is 6.51. The Morgan fingerprint density at radius 1 is 1.23 bits per heavy atom. The summed E-state index contributed by atoms with van der Waals surface area (Å²) in [5.74, 6) is -0.706. The van der Waals surface area contributed by atoms with E-state index in [9.17, 15) is 18.0 Å². The van der Waals surface area contributed by atoms with Crippen LogP contribution in [0.5, 0.6) is 0 Å². The van der Waals surface area contributed by atoms with Gasteiger partial charge in [-0.2, -0.15) is 13.2 Å². The monoisotopic (exact) mass is 372 g/mol. The van der Waals surface area contributed by atoms with Crippen LogP contribution >= 0.6 is 0 Å². The van der Waals surface area contributed by atoms with Crippen molar-refractivity contribution in [3.8, 4) is 0 Å². The first-order valence-electron chi connectivity index (χ1n) is 9.27. The van der Waals surface area contributed by atoms with E-state index >= 15 is 0 Å². The van der Waals surface area contributed by atoms with Crippen molar-refractivity contribution in [1.82, 2.24) is 19.9 Å². The van der Waals surface area contributed by atoms with Gasteiger partial charge in [-0.1, -0.05) is 18.1 Å². The van der Waals surface area contributed by atoms with Crippen LogP contribution in [0.25, 0.3) is 0 Å². The number of hydrogen-bond donors (Lipinski definition) is 0. The predicted octanol–water partition coefficient (Wildman–Crippen LogP) is 2.88. The lowest BCUT2D eigenvalue weighted by atomic mass is 9.84. The maximum Gasteiger partial charge on any atom is 0.408 e. The van der Waals surface area contributed by atoms with Gasteiger partial charge < -0.3 is 9.64 Å². The van der Waals surface area contributed by atoms with Gasteiger partial charge in [-0.25, -0.2) is 4.68 Å². The lowest BCUT2D eigenvalue weighted by Crippen LogP contribution is -2.49. The first kappa shape index (κ1) is 17.8. The number of nitrogens with zero attached hydrogens (tertiary/aromatic N) is 4. The van der Waals surface area contributed by atoms with Gasteiger partial charge in [-0.3, -0.25) is 4.79 Å². The average molecular weight is 372 g/mol. The summed E-state index contributed by atoms with van der Waals surface area (Å²) >= 11 is 0. The van der Waals surface area contributed by atoms with Crippen LogP contribution < -0.4 is 0 Å². The van der Waals surface area contributed by atoms with Crippen LogP contribution in [0.15, 0.2) is 0 Å². The summed E-state index contributed by atoms with van der Waals surface area (Å²) in [6.07, 6.45) is -0.471. The topological polar surface area (TPSA) is 60.2 Å². The SMILES string of the molecule is Cc1c(C(=O)N2[C@H](C(F)(F)F)C[C@@H]3CCCC[C@@H]32)nnn1C1CCOC1. The number of carbonyl (C=O) groups is 1. The van der Waals surface area contributed by atoms with E-state index < -0.39 is 18.1 Å². The zero-order valence-electron chi connectivity index (χ0n) is 14.7. The van der Waals surface area contributed by atoms with Crippen molar-refractivity contribution in [2.75, 3.05) is 13.2 Å². The molecule has 0 bridgehead atoms. The highest BCUT2D eigenvalue weighted by atomic mass is 19.4. The third-order valence-corrected chi connectivity index (χ3v) is 6.08. The van der Waals surface area contributed by atoms with E-state index in [1.54, 1.807) is 11.6 Å². The van der Waals surface area contributed by atoms with Crippen LogP contribution in [-0.2, 0) is 4.74 Å². The molecule has 144 valence electrons. The minimum absolute atomic E-state index is 0.00353. The fourth-order valence-electron chi connectivity index (χ4n) is 4.77. The van der Waals surface area contributed by atoms with E-state index in [1.165, 1.54) is 0 Å². The molecule has 26 heavy (non-hydrogen) atoms. The van der Waals surface area contributed by atoms with E-state index in [0.29, 0.717) is 25.3 Å². The van der Waals surface area contributed by atoms with Gasteiger partial charge in [0.25, 0.3) is 5.91 Å². The van der Waals surface area contributed by atoms with Crippen molar-refractivity contribution in [2.24, 2.45) is 5.92 Å². The molecular formula is C17H23F3N4O2. The number of amides is 1. The Kier molecular flexibility index (Phi) is 4.45. The summed E-state index contributed by atoms with van der Waals surface area (Å²) in [4.78, 5) is 14.2. The minimum Gasteiger partial charge on any atom is -0.379 e. The van der Waals surface area contributed by atoms with Gasteiger partial charge >= 0.3 is 6.18 Å². The molecule has 0 radical (unpaired) electrons. The zero-order valence-corrected chi connectivity index (χ0v) is 14.7. The third kappa shape index (κ3) is 2.90. The van der Waals surface area contributed by atoms with E-state index in [0.717, 1.165) is 30.6 Å². The number of fused-ring (bicyclic) bond motifs is 1. The lowest BCUT2D eigenvalue weighted by Gasteiger charge is -2.34. The molecule has 1 saturated carbocycles. The number of alkyl halides is 3. The summed E-state index contributed by atoms with van der Waals surface area (Å²) < 4.78 is 47.8. The van der Waals surface area contributed by atoms with Crippen LogP contribution in [0.1, 0.15) is 60.7 Å². The van der Waals surface area contributed by atoms with E-state index in [4.69, 9.17) is 4.74 Å².